The zero-order valence-corrected chi connectivity index (χ0v) is 14.5. The van der Waals surface area contributed by atoms with Gasteiger partial charge < -0.3 is 14.8 Å². The van der Waals surface area contributed by atoms with Gasteiger partial charge in [0.25, 0.3) is 5.91 Å². The molecule has 2 aliphatic heterocycles. The zero-order valence-electron chi connectivity index (χ0n) is 13.7. The summed E-state index contributed by atoms with van der Waals surface area (Å²) in [6, 6.07) is 11.5. The first-order valence-corrected chi connectivity index (χ1v) is 8.56. The fourth-order valence-electron chi connectivity index (χ4n) is 2.87. The molecule has 0 bridgehead atoms. The summed E-state index contributed by atoms with van der Waals surface area (Å²) in [5.41, 5.74) is 1.06. The Balaban J connectivity index is 1.71. The molecule has 0 atom stereocenters. The largest absolute Gasteiger partial charge is 0.490 e. The molecule has 4 rings (SSSR count). The summed E-state index contributed by atoms with van der Waals surface area (Å²) < 4.78 is 25.5. The highest BCUT2D eigenvalue weighted by molar-refractivity contribution is 7.80. The molecule has 5 nitrogen and oxygen atoms in total. The van der Waals surface area contributed by atoms with Gasteiger partial charge >= 0.3 is 0 Å². The van der Waals surface area contributed by atoms with Gasteiger partial charge in [0.2, 0.25) is 0 Å². The monoisotopic (exact) mass is 370 g/mol. The summed E-state index contributed by atoms with van der Waals surface area (Å²) in [5.74, 6) is 0.280. The van der Waals surface area contributed by atoms with E-state index in [1.165, 1.54) is 12.1 Å². The third-order valence-electron chi connectivity index (χ3n) is 4.07. The van der Waals surface area contributed by atoms with E-state index in [2.05, 4.69) is 5.32 Å². The van der Waals surface area contributed by atoms with Crippen molar-refractivity contribution in [3.63, 3.8) is 0 Å². The minimum absolute atomic E-state index is 0.116. The number of para-hydroxylation sites is 2. The maximum atomic E-state index is 14.1. The van der Waals surface area contributed by atoms with Crippen LogP contribution >= 0.6 is 12.2 Å². The number of halogens is 1. The van der Waals surface area contributed by atoms with Crippen molar-refractivity contribution < 1.29 is 18.7 Å². The highest BCUT2D eigenvalue weighted by atomic mass is 32.1. The lowest BCUT2D eigenvalue weighted by atomic mass is 10.1. The van der Waals surface area contributed by atoms with Crippen molar-refractivity contribution in [3.05, 3.63) is 59.5 Å². The number of anilines is 1. The topological polar surface area (TPSA) is 50.8 Å². The smallest absolute Gasteiger partial charge is 0.281 e. The highest BCUT2D eigenvalue weighted by Gasteiger charge is 2.33. The Bertz CT molecular complexity index is 929. The standard InChI is InChI=1S/C19H15FN2O3S/c20-13-6-1-2-7-15(13)22-18(23)14(21-19(22)26)11-12-5-3-8-16-17(12)25-10-4-9-24-16/h1-3,5-8,11H,4,9-10H2,(H,21,26)/b14-11-. The number of nitrogens with one attached hydrogen (secondary N) is 1. The first kappa shape index (κ1) is 16.5. The third-order valence-corrected chi connectivity index (χ3v) is 4.36. The molecule has 1 saturated heterocycles. The second-order valence-corrected chi connectivity index (χ2v) is 6.19. The van der Waals surface area contributed by atoms with Gasteiger partial charge in [-0.2, -0.15) is 0 Å². The van der Waals surface area contributed by atoms with Crippen LogP contribution in [0.4, 0.5) is 10.1 Å². The summed E-state index contributed by atoms with van der Waals surface area (Å²) in [6.07, 6.45) is 2.43. The van der Waals surface area contributed by atoms with E-state index in [1.54, 1.807) is 18.2 Å². The number of carbonyl (C=O) groups is 1. The molecule has 0 spiro atoms. The number of amides is 1. The summed E-state index contributed by atoms with van der Waals surface area (Å²) >= 11 is 5.23. The van der Waals surface area contributed by atoms with Crippen LogP contribution in [0.3, 0.4) is 0 Å². The van der Waals surface area contributed by atoms with Gasteiger partial charge in [0.05, 0.1) is 18.9 Å². The highest BCUT2D eigenvalue weighted by Crippen LogP contribution is 2.35. The van der Waals surface area contributed by atoms with Crippen LogP contribution in [-0.2, 0) is 4.79 Å². The third kappa shape index (κ3) is 2.90. The fourth-order valence-corrected chi connectivity index (χ4v) is 3.16. The van der Waals surface area contributed by atoms with Gasteiger partial charge in [0.1, 0.15) is 11.5 Å². The first-order valence-electron chi connectivity index (χ1n) is 8.15. The predicted molar refractivity (Wildman–Crippen MR) is 99.6 cm³/mol. The Morgan fingerprint density at radius 1 is 1.12 bits per heavy atom. The lowest BCUT2D eigenvalue weighted by molar-refractivity contribution is -0.113. The fraction of sp³-hybridized carbons (Fsp3) is 0.158. The molecule has 1 N–H and O–H groups in total. The second-order valence-electron chi connectivity index (χ2n) is 5.81. The maximum absolute atomic E-state index is 14.1. The molecule has 1 amide bonds. The van der Waals surface area contributed by atoms with Crippen molar-refractivity contribution in [1.82, 2.24) is 5.32 Å². The van der Waals surface area contributed by atoms with E-state index in [0.717, 1.165) is 11.3 Å². The molecule has 0 saturated carbocycles. The number of hydrogen-bond acceptors (Lipinski definition) is 4. The molecule has 2 aliphatic rings. The van der Waals surface area contributed by atoms with Gasteiger partial charge in [-0.1, -0.05) is 24.3 Å². The molecule has 1 fully saturated rings. The molecule has 0 aliphatic carbocycles. The van der Waals surface area contributed by atoms with E-state index in [1.807, 2.05) is 18.2 Å². The van der Waals surface area contributed by atoms with Gasteiger partial charge in [-0.15, -0.1) is 0 Å². The maximum Gasteiger partial charge on any atom is 0.281 e. The molecule has 2 aromatic carbocycles. The molecule has 26 heavy (non-hydrogen) atoms. The van der Waals surface area contributed by atoms with Crippen LogP contribution in [0.25, 0.3) is 6.08 Å². The van der Waals surface area contributed by atoms with Crippen molar-refractivity contribution in [3.8, 4) is 11.5 Å². The molecular weight excluding hydrogens is 355 g/mol. The molecule has 2 heterocycles. The quantitative estimate of drug-likeness (QED) is 0.650. The number of fused-ring (bicyclic) bond motifs is 1. The van der Waals surface area contributed by atoms with Crippen LogP contribution in [-0.4, -0.2) is 24.2 Å². The van der Waals surface area contributed by atoms with E-state index in [0.29, 0.717) is 30.3 Å². The minimum Gasteiger partial charge on any atom is -0.490 e. The number of benzene rings is 2. The second kappa shape index (κ2) is 6.76. The molecule has 0 unspecified atom stereocenters. The summed E-state index contributed by atoms with van der Waals surface area (Å²) in [6.45, 7) is 1.11. The lowest BCUT2D eigenvalue weighted by Crippen LogP contribution is -2.31. The van der Waals surface area contributed by atoms with Gasteiger partial charge in [-0.25, -0.2) is 9.29 Å². The molecular formula is C19H15FN2O3S. The van der Waals surface area contributed by atoms with E-state index in [9.17, 15) is 9.18 Å². The van der Waals surface area contributed by atoms with Crippen molar-refractivity contribution in [2.24, 2.45) is 0 Å². The molecule has 0 radical (unpaired) electrons. The van der Waals surface area contributed by atoms with Crippen LogP contribution in [0.2, 0.25) is 0 Å². The normalized spacial score (nSPS) is 18.0. The Morgan fingerprint density at radius 3 is 2.77 bits per heavy atom. The lowest BCUT2D eigenvalue weighted by Gasteiger charge is -2.14. The van der Waals surface area contributed by atoms with Crippen molar-refractivity contribution >= 4 is 35.0 Å². The van der Waals surface area contributed by atoms with E-state index >= 15 is 0 Å². The average molecular weight is 370 g/mol. The Morgan fingerprint density at radius 2 is 1.92 bits per heavy atom. The number of carbonyl (C=O) groups excluding carboxylic acids is 1. The molecule has 0 aromatic heterocycles. The minimum atomic E-state index is -0.517. The van der Waals surface area contributed by atoms with Gasteiger partial charge in [0.15, 0.2) is 16.6 Å². The molecule has 132 valence electrons. The number of nitrogens with zero attached hydrogens (tertiary/aromatic N) is 1. The number of thiocarbonyl (C=S) groups is 1. The summed E-state index contributed by atoms with van der Waals surface area (Å²) in [7, 11) is 0. The Hall–Kier alpha value is -2.93. The number of rotatable bonds is 2. The van der Waals surface area contributed by atoms with Gasteiger partial charge in [-0.05, 0) is 36.5 Å². The van der Waals surface area contributed by atoms with Crippen molar-refractivity contribution in [2.45, 2.75) is 6.42 Å². The van der Waals surface area contributed by atoms with E-state index in [4.69, 9.17) is 21.7 Å². The summed E-state index contributed by atoms with van der Waals surface area (Å²) in [5, 5.41) is 2.99. The van der Waals surface area contributed by atoms with E-state index in [-0.39, 0.29) is 16.5 Å². The molecule has 2 aromatic rings. The number of ether oxygens (including phenoxy) is 2. The molecule has 7 heteroatoms. The van der Waals surface area contributed by atoms with Crippen molar-refractivity contribution in [2.75, 3.05) is 18.1 Å². The Labute approximate surface area is 155 Å². The summed E-state index contributed by atoms with van der Waals surface area (Å²) in [4.78, 5) is 13.9. The number of hydrogen-bond donors (Lipinski definition) is 1. The van der Waals surface area contributed by atoms with Crippen LogP contribution in [0.1, 0.15) is 12.0 Å². The van der Waals surface area contributed by atoms with Crippen LogP contribution < -0.4 is 19.7 Å². The zero-order chi connectivity index (χ0) is 18.1. The first-order chi connectivity index (χ1) is 12.6. The van der Waals surface area contributed by atoms with Crippen LogP contribution in [0, 0.1) is 5.82 Å². The van der Waals surface area contributed by atoms with E-state index < -0.39 is 11.7 Å². The predicted octanol–water partition coefficient (Wildman–Crippen LogP) is 3.25. The van der Waals surface area contributed by atoms with Gasteiger partial charge in [0, 0.05) is 12.0 Å². The van der Waals surface area contributed by atoms with Crippen LogP contribution in [0.15, 0.2) is 48.2 Å². The average Bonchev–Trinajstić information content (AvgIpc) is 2.80. The Kier molecular flexibility index (Phi) is 4.30. The van der Waals surface area contributed by atoms with Crippen molar-refractivity contribution in [1.29, 1.82) is 0 Å². The van der Waals surface area contributed by atoms with Gasteiger partial charge in [-0.3, -0.25) is 4.79 Å². The van der Waals surface area contributed by atoms with Crippen LogP contribution in [0.5, 0.6) is 11.5 Å². The SMILES string of the molecule is O=C1/C(=C/c2cccc3c2OCCCO3)NC(=S)N1c1ccccc1F.